The highest BCUT2D eigenvalue weighted by molar-refractivity contribution is 7.19. The molecule has 0 saturated carbocycles. The maximum atomic E-state index is 13.1. The number of ether oxygens (including phenoxy) is 1. The van der Waals surface area contributed by atoms with Gasteiger partial charge in [-0.15, -0.1) is 11.3 Å². The summed E-state index contributed by atoms with van der Waals surface area (Å²) in [7, 11) is 0. The molecule has 1 heterocycles. The summed E-state index contributed by atoms with van der Waals surface area (Å²) in [4.78, 5) is 11.7. The van der Waals surface area contributed by atoms with Gasteiger partial charge in [-0.25, -0.2) is 4.79 Å². The molecule has 176 valence electrons. The van der Waals surface area contributed by atoms with Crippen molar-refractivity contribution in [3.05, 3.63) is 63.5 Å². The van der Waals surface area contributed by atoms with Crippen LogP contribution in [0.3, 0.4) is 0 Å². The summed E-state index contributed by atoms with van der Waals surface area (Å²) in [6.07, 6.45) is -3.51. The molecule has 0 aliphatic carbocycles. The molecule has 2 N–H and O–H groups in total. The molecule has 2 aromatic carbocycles. The number of oxime groups is 1. The number of hydrogen-bond donors (Lipinski definition) is 2. The Bertz CT molecular complexity index is 1200. The van der Waals surface area contributed by atoms with Crippen LogP contribution >= 0.6 is 11.3 Å². The van der Waals surface area contributed by atoms with Crippen LogP contribution in [0.2, 0.25) is 0 Å². The highest BCUT2D eigenvalue weighted by Crippen LogP contribution is 2.40. The highest BCUT2D eigenvalue weighted by atomic mass is 32.1. The van der Waals surface area contributed by atoms with Crippen molar-refractivity contribution in [3.63, 3.8) is 0 Å². The molecule has 1 aromatic heterocycles. The number of aryl methyl sites for hydroxylation is 2. The Kier molecular flexibility index (Phi) is 7.31. The largest absolute Gasteiger partial charge is 0.482 e. The predicted molar refractivity (Wildman–Crippen MR) is 122 cm³/mol. The van der Waals surface area contributed by atoms with Gasteiger partial charge in [0.25, 0.3) is 0 Å². The number of nitrogens with zero attached hydrogens (tertiary/aromatic N) is 1. The number of hydrogen-bond acceptors (Lipinski definition) is 5. The number of aliphatic carboxylic acids is 1. The lowest BCUT2D eigenvalue weighted by Gasteiger charge is -2.11. The fourth-order valence-electron chi connectivity index (χ4n) is 3.78. The molecule has 33 heavy (non-hydrogen) atoms. The Morgan fingerprint density at radius 1 is 1.18 bits per heavy atom. The van der Waals surface area contributed by atoms with E-state index in [0.29, 0.717) is 40.1 Å². The third-order valence-electron chi connectivity index (χ3n) is 5.28. The number of benzene rings is 2. The maximum Gasteiger partial charge on any atom is 0.416 e. The second kappa shape index (κ2) is 9.82. The Labute approximate surface area is 193 Å². The average Bonchev–Trinajstić information content (AvgIpc) is 3.10. The zero-order valence-electron chi connectivity index (χ0n) is 18.4. The first-order chi connectivity index (χ1) is 15.5. The van der Waals surface area contributed by atoms with Crippen LogP contribution in [-0.4, -0.2) is 28.6 Å². The first kappa shape index (κ1) is 24.6. The standard InChI is InChI=1S/C24H24F3NO4S/c1-13(2)23-17-6-5-16(24(25,26)27)11-21(17)33-20(23)9-7-18(28-31)15-4-8-19(14(3)10-15)32-12-22(29)30/h4-6,8,10-11,13,31H,7,9,12H2,1-3H3,(H,29,30)/b28-18+. The van der Waals surface area contributed by atoms with E-state index in [1.165, 1.54) is 23.5 Å². The average molecular weight is 480 g/mol. The minimum Gasteiger partial charge on any atom is -0.482 e. The minimum absolute atomic E-state index is 0.118. The lowest BCUT2D eigenvalue weighted by atomic mass is 9.95. The number of rotatable bonds is 8. The van der Waals surface area contributed by atoms with Crippen molar-refractivity contribution in [2.75, 3.05) is 6.61 Å². The number of fused-ring (bicyclic) bond motifs is 1. The van der Waals surface area contributed by atoms with Crippen molar-refractivity contribution in [3.8, 4) is 5.75 Å². The van der Waals surface area contributed by atoms with Gasteiger partial charge in [-0.3, -0.25) is 0 Å². The van der Waals surface area contributed by atoms with Crippen molar-refractivity contribution < 1.29 is 33.0 Å². The molecule has 0 radical (unpaired) electrons. The fourth-order valence-corrected chi connectivity index (χ4v) is 5.18. The van der Waals surface area contributed by atoms with Crippen LogP contribution in [0, 0.1) is 6.92 Å². The van der Waals surface area contributed by atoms with Crippen LogP contribution in [0.25, 0.3) is 10.1 Å². The molecule has 3 aromatic rings. The molecule has 5 nitrogen and oxygen atoms in total. The number of thiophene rings is 1. The van der Waals surface area contributed by atoms with E-state index in [1.54, 1.807) is 25.1 Å². The monoisotopic (exact) mass is 479 g/mol. The molecule has 0 atom stereocenters. The molecule has 0 spiro atoms. The van der Waals surface area contributed by atoms with Crippen LogP contribution < -0.4 is 4.74 Å². The fraction of sp³-hybridized carbons (Fsp3) is 0.333. The minimum atomic E-state index is -4.40. The molecule has 0 bridgehead atoms. The molecule has 0 amide bonds. The summed E-state index contributed by atoms with van der Waals surface area (Å²) in [6.45, 7) is 5.31. The second-order valence-electron chi connectivity index (χ2n) is 8.01. The van der Waals surface area contributed by atoms with Crippen molar-refractivity contribution in [1.29, 1.82) is 0 Å². The second-order valence-corrected chi connectivity index (χ2v) is 9.15. The van der Waals surface area contributed by atoms with E-state index < -0.39 is 24.3 Å². The first-order valence-corrected chi connectivity index (χ1v) is 11.1. The van der Waals surface area contributed by atoms with Gasteiger partial charge in [0.15, 0.2) is 6.61 Å². The van der Waals surface area contributed by atoms with Gasteiger partial charge in [-0.1, -0.05) is 25.1 Å². The molecule has 0 aliphatic heterocycles. The van der Waals surface area contributed by atoms with E-state index >= 15 is 0 Å². The topological polar surface area (TPSA) is 79.1 Å². The van der Waals surface area contributed by atoms with Crippen LogP contribution in [0.5, 0.6) is 5.75 Å². The number of carboxylic acids is 1. The molecular formula is C24H24F3NO4S. The SMILES string of the molecule is Cc1cc(/C(CCc2sc3cc(C(F)(F)F)ccc3c2C(C)C)=N/O)ccc1OCC(=O)O. The first-order valence-electron chi connectivity index (χ1n) is 10.3. The summed E-state index contributed by atoms with van der Waals surface area (Å²) < 4.78 is 45.2. The van der Waals surface area contributed by atoms with E-state index in [9.17, 15) is 23.2 Å². The Balaban J connectivity index is 1.85. The van der Waals surface area contributed by atoms with Crippen LogP contribution in [-0.2, 0) is 17.4 Å². The third-order valence-corrected chi connectivity index (χ3v) is 6.51. The van der Waals surface area contributed by atoms with Crippen molar-refractivity contribution >= 4 is 33.1 Å². The summed E-state index contributed by atoms with van der Waals surface area (Å²) in [6, 6.07) is 8.89. The predicted octanol–water partition coefficient (Wildman–Crippen LogP) is 6.63. The van der Waals surface area contributed by atoms with E-state index in [0.717, 1.165) is 21.9 Å². The van der Waals surface area contributed by atoms with Crippen LogP contribution in [0.1, 0.15) is 53.3 Å². The molecule has 0 aliphatic rings. The van der Waals surface area contributed by atoms with E-state index in [-0.39, 0.29) is 5.92 Å². The van der Waals surface area contributed by atoms with E-state index in [4.69, 9.17) is 9.84 Å². The molecule has 0 fully saturated rings. The quantitative estimate of drug-likeness (QED) is 0.216. The van der Waals surface area contributed by atoms with E-state index in [1.807, 2.05) is 13.8 Å². The number of alkyl halides is 3. The van der Waals surface area contributed by atoms with Gasteiger partial charge in [-0.2, -0.15) is 13.2 Å². The molecule has 0 unspecified atom stereocenters. The van der Waals surface area contributed by atoms with Gasteiger partial charge in [0.2, 0.25) is 0 Å². The van der Waals surface area contributed by atoms with Gasteiger partial charge in [0.1, 0.15) is 5.75 Å². The third kappa shape index (κ3) is 5.65. The van der Waals surface area contributed by atoms with Gasteiger partial charge in [0.05, 0.1) is 11.3 Å². The zero-order valence-corrected chi connectivity index (χ0v) is 19.2. The Hall–Kier alpha value is -3.07. The van der Waals surface area contributed by atoms with Gasteiger partial charge < -0.3 is 15.1 Å². The summed E-state index contributed by atoms with van der Waals surface area (Å²) in [5, 5.41) is 22.6. The van der Waals surface area contributed by atoms with Gasteiger partial charge in [-0.05, 0) is 78.1 Å². The molecule has 9 heteroatoms. The summed E-state index contributed by atoms with van der Waals surface area (Å²) in [5.41, 5.74) is 2.11. The number of halogens is 3. The van der Waals surface area contributed by atoms with Gasteiger partial charge >= 0.3 is 12.1 Å². The van der Waals surface area contributed by atoms with E-state index in [2.05, 4.69) is 5.16 Å². The highest BCUT2D eigenvalue weighted by Gasteiger charge is 2.31. The lowest BCUT2D eigenvalue weighted by Crippen LogP contribution is -2.10. The van der Waals surface area contributed by atoms with Gasteiger partial charge in [0, 0.05) is 9.58 Å². The number of carbonyl (C=O) groups is 1. The van der Waals surface area contributed by atoms with Crippen molar-refractivity contribution in [2.45, 2.75) is 45.7 Å². The Morgan fingerprint density at radius 2 is 1.91 bits per heavy atom. The van der Waals surface area contributed by atoms with Crippen molar-refractivity contribution in [2.24, 2.45) is 5.16 Å². The molecular weight excluding hydrogens is 455 g/mol. The smallest absolute Gasteiger partial charge is 0.416 e. The molecule has 0 saturated heterocycles. The maximum absolute atomic E-state index is 13.1. The number of carboxylic acid groups (broad SMARTS) is 1. The van der Waals surface area contributed by atoms with Crippen LogP contribution in [0.4, 0.5) is 13.2 Å². The van der Waals surface area contributed by atoms with Crippen LogP contribution in [0.15, 0.2) is 41.6 Å². The zero-order chi connectivity index (χ0) is 24.3. The lowest BCUT2D eigenvalue weighted by molar-refractivity contribution is -0.139. The Morgan fingerprint density at radius 3 is 2.48 bits per heavy atom. The van der Waals surface area contributed by atoms with Crippen molar-refractivity contribution in [1.82, 2.24) is 0 Å². The summed E-state index contributed by atoms with van der Waals surface area (Å²) >= 11 is 1.33. The summed E-state index contributed by atoms with van der Waals surface area (Å²) in [5.74, 6) is -0.541. The molecule has 3 rings (SSSR count). The normalized spacial score (nSPS) is 12.5.